The lowest BCUT2D eigenvalue weighted by atomic mass is 9.82. The van der Waals surface area contributed by atoms with E-state index in [4.69, 9.17) is 4.74 Å². The quantitative estimate of drug-likeness (QED) is 0.658. The van der Waals surface area contributed by atoms with Crippen LogP contribution in [0.3, 0.4) is 0 Å². The van der Waals surface area contributed by atoms with Gasteiger partial charge in [0.15, 0.2) is 11.6 Å². The number of benzene rings is 1. The number of nitrogens with zero attached hydrogens (tertiary/aromatic N) is 1. The van der Waals surface area contributed by atoms with Crippen molar-refractivity contribution in [2.45, 2.75) is 62.3 Å². The van der Waals surface area contributed by atoms with E-state index in [1.165, 1.54) is 0 Å². The van der Waals surface area contributed by atoms with Gasteiger partial charge in [0.25, 0.3) is 0 Å². The van der Waals surface area contributed by atoms with Gasteiger partial charge in [-0.15, -0.1) is 0 Å². The number of alkyl halides is 2. The summed E-state index contributed by atoms with van der Waals surface area (Å²) in [5, 5.41) is 0. The fourth-order valence-corrected chi connectivity index (χ4v) is 5.65. The van der Waals surface area contributed by atoms with Gasteiger partial charge in [0, 0.05) is 24.2 Å². The molecule has 4 aliphatic rings. The van der Waals surface area contributed by atoms with E-state index < -0.39 is 57.4 Å². The molecule has 12 heteroatoms. The first-order chi connectivity index (χ1) is 14.9. The standard InChI is InChI=1S/C20H24F4N2O5S/c1-32(28,29)25-16-6-7-26-17(16)10-30-13-4-2-11(3-5-13)14-8-12(21)9-15(22)18(14)31-20(23,24)19(26)27/h8-9,11,13,16-17,25H,2-7,10H2,1H3/t11-,13+,16-,17-/m0/s1. The minimum Gasteiger partial charge on any atom is -0.422 e. The molecular formula is C20H24F4N2O5S. The number of halogens is 4. The molecule has 2 fully saturated rings. The zero-order valence-corrected chi connectivity index (χ0v) is 18.1. The molecule has 3 heterocycles. The summed E-state index contributed by atoms with van der Waals surface area (Å²) in [5.41, 5.74) is -0.0396. The largest absolute Gasteiger partial charge is 0.482 e. The maximum absolute atomic E-state index is 14.9. The highest BCUT2D eigenvalue weighted by molar-refractivity contribution is 7.88. The maximum Gasteiger partial charge on any atom is 0.482 e. The Morgan fingerprint density at radius 2 is 1.81 bits per heavy atom. The van der Waals surface area contributed by atoms with E-state index in [0.29, 0.717) is 31.7 Å². The normalized spacial score (nSPS) is 30.5. The number of hydrogen-bond donors (Lipinski definition) is 1. The van der Waals surface area contributed by atoms with Crippen molar-refractivity contribution in [3.63, 3.8) is 0 Å². The fourth-order valence-electron chi connectivity index (χ4n) is 4.83. The number of ether oxygens (including phenoxy) is 2. The van der Waals surface area contributed by atoms with Crippen molar-refractivity contribution in [3.05, 3.63) is 29.3 Å². The third-order valence-electron chi connectivity index (χ3n) is 6.31. The number of carbonyl (C=O) groups is 1. The highest BCUT2D eigenvalue weighted by Crippen LogP contribution is 2.42. The molecule has 2 bridgehead atoms. The molecule has 2 atom stereocenters. The molecule has 1 amide bonds. The summed E-state index contributed by atoms with van der Waals surface area (Å²) in [4.78, 5) is 13.6. The van der Waals surface area contributed by atoms with Crippen molar-refractivity contribution >= 4 is 15.9 Å². The molecule has 1 saturated heterocycles. The van der Waals surface area contributed by atoms with Crippen LogP contribution in [0.15, 0.2) is 12.1 Å². The first-order valence-corrected chi connectivity index (χ1v) is 12.3. The van der Waals surface area contributed by atoms with Gasteiger partial charge < -0.3 is 14.4 Å². The van der Waals surface area contributed by atoms with E-state index in [1.54, 1.807) is 0 Å². The molecular weight excluding hydrogens is 456 g/mol. The van der Waals surface area contributed by atoms with Crippen LogP contribution in [0.5, 0.6) is 5.75 Å². The van der Waals surface area contributed by atoms with Crippen molar-refractivity contribution in [2.24, 2.45) is 0 Å². The van der Waals surface area contributed by atoms with Crippen LogP contribution in [0.2, 0.25) is 0 Å². The average Bonchev–Trinajstić information content (AvgIpc) is 3.08. The van der Waals surface area contributed by atoms with Crippen LogP contribution in [-0.4, -0.2) is 62.9 Å². The lowest BCUT2D eigenvalue weighted by Gasteiger charge is -2.32. The van der Waals surface area contributed by atoms with Crippen molar-refractivity contribution in [1.29, 1.82) is 0 Å². The second-order valence-corrected chi connectivity index (χ2v) is 10.4. The van der Waals surface area contributed by atoms with Crippen LogP contribution >= 0.6 is 0 Å². The molecule has 0 radical (unpaired) electrons. The molecule has 0 spiro atoms. The summed E-state index contributed by atoms with van der Waals surface area (Å²) in [7, 11) is -3.67. The highest BCUT2D eigenvalue weighted by Gasteiger charge is 2.52. The van der Waals surface area contributed by atoms with Crippen LogP contribution in [0, 0.1) is 11.6 Å². The summed E-state index contributed by atoms with van der Waals surface area (Å²) in [6.45, 7) is -0.300. The van der Waals surface area contributed by atoms with E-state index in [0.717, 1.165) is 17.2 Å². The Kier molecular flexibility index (Phi) is 6.14. The summed E-state index contributed by atoms with van der Waals surface area (Å²) in [6.07, 6.45) is -1.75. The molecule has 1 aliphatic carbocycles. The molecule has 7 nitrogen and oxygen atoms in total. The Morgan fingerprint density at radius 3 is 2.47 bits per heavy atom. The van der Waals surface area contributed by atoms with E-state index >= 15 is 0 Å². The number of carbonyl (C=O) groups excluding carboxylic acids is 1. The fraction of sp³-hybridized carbons (Fsp3) is 0.650. The van der Waals surface area contributed by atoms with Gasteiger partial charge >= 0.3 is 12.0 Å². The van der Waals surface area contributed by atoms with Crippen molar-refractivity contribution < 1.29 is 40.2 Å². The van der Waals surface area contributed by atoms with Crippen LogP contribution in [-0.2, 0) is 19.6 Å². The molecule has 5 rings (SSSR count). The Balaban J connectivity index is 1.73. The van der Waals surface area contributed by atoms with Crippen LogP contribution in [0.25, 0.3) is 0 Å². The summed E-state index contributed by atoms with van der Waals surface area (Å²) < 4.78 is 94.6. The number of amides is 1. The maximum atomic E-state index is 14.9. The van der Waals surface area contributed by atoms with E-state index in [2.05, 4.69) is 9.46 Å². The van der Waals surface area contributed by atoms with Crippen LogP contribution in [0.1, 0.15) is 43.6 Å². The van der Waals surface area contributed by atoms with Gasteiger partial charge in [-0.2, -0.15) is 8.78 Å². The van der Waals surface area contributed by atoms with Crippen molar-refractivity contribution in [3.8, 4) is 5.75 Å². The number of sulfonamides is 1. The lowest BCUT2D eigenvalue weighted by Crippen LogP contribution is -2.54. The van der Waals surface area contributed by atoms with E-state index in [-0.39, 0.29) is 31.2 Å². The van der Waals surface area contributed by atoms with Gasteiger partial charge in [-0.25, -0.2) is 21.9 Å². The second kappa shape index (κ2) is 8.45. The van der Waals surface area contributed by atoms with Gasteiger partial charge in [-0.3, -0.25) is 4.79 Å². The molecule has 0 unspecified atom stereocenters. The SMILES string of the molecule is CS(=O)(=O)N[C@H]1CCN2C(=O)C(F)(F)Oc3c(F)cc(F)cc3[C@H]3CC[C@H](CC3)OC[C@@H]12. The molecule has 178 valence electrons. The zero-order chi connectivity index (χ0) is 23.3. The van der Waals surface area contributed by atoms with Crippen LogP contribution < -0.4 is 9.46 Å². The molecule has 1 aromatic carbocycles. The number of fused-ring (bicyclic) bond motifs is 5. The Morgan fingerprint density at radius 1 is 1.12 bits per heavy atom. The number of hydrogen-bond acceptors (Lipinski definition) is 5. The van der Waals surface area contributed by atoms with Crippen LogP contribution in [0.4, 0.5) is 17.6 Å². The first kappa shape index (κ1) is 23.2. The number of nitrogens with one attached hydrogen (secondary N) is 1. The monoisotopic (exact) mass is 480 g/mol. The smallest absolute Gasteiger partial charge is 0.422 e. The summed E-state index contributed by atoms with van der Waals surface area (Å²) >= 11 is 0. The molecule has 0 aromatic heterocycles. The van der Waals surface area contributed by atoms with E-state index in [1.807, 2.05) is 0 Å². The number of rotatable bonds is 2. The predicted molar refractivity (Wildman–Crippen MR) is 105 cm³/mol. The molecule has 32 heavy (non-hydrogen) atoms. The lowest BCUT2D eigenvalue weighted by molar-refractivity contribution is -0.206. The van der Waals surface area contributed by atoms with Gasteiger partial charge in [-0.1, -0.05) is 0 Å². The highest BCUT2D eigenvalue weighted by atomic mass is 32.2. The minimum atomic E-state index is -4.45. The van der Waals surface area contributed by atoms with Crippen molar-refractivity contribution in [2.75, 3.05) is 19.4 Å². The van der Waals surface area contributed by atoms with E-state index in [9.17, 15) is 30.8 Å². The van der Waals surface area contributed by atoms with Gasteiger partial charge in [0.05, 0.1) is 25.0 Å². The summed E-state index contributed by atoms with van der Waals surface area (Å²) in [5.74, 6) is -5.23. The Hall–Kier alpha value is -1.92. The average molecular weight is 480 g/mol. The topological polar surface area (TPSA) is 84.9 Å². The minimum absolute atomic E-state index is 0.0396. The molecule has 1 aromatic rings. The second-order valence-electron chi connectivity index (χ2n) is 8.58. The third-order valence-corrected chi connectivity index (χ3v) is 7.04. The predicted octanol–water partition coefficient (Wildman–Crippen LogP) is 2.51. The Labute approximate surface area is 183 Å². The third kappa shape index (κ3) is 4.72. The Bertz CT molecular complexity index is 998. The van der Waals surface area contributed by atoms with Crippen molar-refractivity contribution in [1.82, 2.24) is 9.62 Å². The van der Waals surface area contributed by atoms with Gasteiger partial charge in [0.2, 0.25) is 10.0 Å². The summed E-state index contributed by atoms with van der Waals surface area (Å²) in [6, 6.07) is -0.390. The van der Waals surface area contributed by atoms with Gasteiger partial charge in [-0.05, 0) is 44.1 Å². The molecule has 1 saturated carbocycles. The first-order valence-electron chi connectivity index (χ1n) is 10.4. The van der Waals surface area contributed by atoms with Gasteiger partial charge in [0.1, 0.15) is 5.82 Å². The molecule has 1 N–H and O–H groups in total. The molecule has 3 aliphatic heterocycles. The zero-order valence-electron chi connectivity index (χ0n) is 17.3.